The van der Waals surface area contributed by atoms with E-state index < -0.39 is 0 Å². The Morgan fingerprint density at radius 2 is 1.94 bits per heavy atom. The van der Waals surface area contributed by atoms with Crippen molar-refractivity contribution in [2.24, 2.45) is 0 Å². The summed E-state index contributed by atoms with van der Waals surface area (Å²) >= 11 is 7.02. The van der Waals surface area contributed by atoms with Gasteiger partial charge >= 0.3 is 0 Å². The third-order valence-corrected chi connectivity index (χ3v) is 3.60. The van der Waals surface area contributed by atoms with Crippen molar-refractivity contribution in [3.05, 3.63) is 34.3 Å². The highest BCUT2D eigenvalue weighted by atomic mass is 79.9. The first-order chi connectivity index (χ1) is 8.29. The zero-order chi connectivity index (χ0) is 12.5. The average molecular weight is 366 g/mol. The van der Waals surface area contributed by atoms with E-state index in [0.29, 0.717) is 13.2 Å². The standard InChI is InChI=1S/C13H18Br2O2/c1-2-7-16-8-9-17-13(10-14)11-5-3-4-6-12(11)15/h3-6,13H,2,7-10H2,1H3. The lowest BCUT2D eigenvalue weighted by atomic mass is 10.1. The smallest absolute Gasteiger partial charge is 0.0933 e. The van der Waals surface area contributed by atoms with Crippen molar-refractivity contribution in [1.82, 2.24) is 0 Å². The van der Waals surface area contributed by atoms with Crippen LogP contribution in [0.15, 0.2) is 28.7 Å². The van der Waals surface area contributed by atoms with Gasteiger partial charge in [0.05, 0.1) is 19.3 Å². The zero-order valence-corrected chi connectivity index (χ0v) is 13.2. The molecule has 1 aromatic carbocycles. The summed E-state index contributed by atoms with van der Waals surface area (Å²) in [6, 6.07) is 8.13. The Labute approximate surface area is 120 Å². The molecule has 0 saturated heterocycles. The molecule has 96 valence electrons. The van der Waals surface area contributed by atoms with E-state index in [2.05, 4.69) is 44.8 Å². The molecule has 0 N–H and O–H groups in total. The summed E-state index contributed by atoms with van der Waals surface area (Å²) in [5, 5.41) is 0.781. The number of alkyl halides is 1. The van der Waals surface area contributed by atoms with E-state index in [9.17, 15) is 0 Å². The van der Waals surface area contributed by atoms with E-state index in [1.54, 1.807) is 0 Å². The highest BCUT2D eigenvalue weighted by Crippen LogP contribution is 2.27. The van der Waals surface area contributed by atoms with Crippen LogP contribution in [-0.4, -0.2) is 25.2 Å². The van der Waals surface area contributed by atoms with Gasteiger partial charge < -0.3 is 9.47 Å². The summed E-state index contributed by atoms with van der Waals surface area (Å²) < 4.78 is 12.3. The first-order valence-corrected chi connectivity index (χ1v) is 7.70. The minimum Gasteiger partial charge on any atom is -0.379 e. The maximum atomic E-state index is 5.80. The van der Waals surface area contributed by atoms with Crippen LogP contribution in [0.2, 0.25) is 0 Å². The van der Waals surface area contributed by atoms with E-state index in [-0.39, 0.29) is 6.10 Å². The monoisotopic (exact) mass is 364 g/mol. The van der Waals surface area contributed by atoms with Gasteiger partial charge in [-0.2, -0.15) is 0 Å². The molecular formula is C13H18Br2O2. The number of benzene rings is 1. The van der Waals surface area contributed by atoms with Gasteiger partial charge in [0.15, 0.2) is 0 Å². The molecule has 0 aliphatic heterocycles. The molecule has 0 aromatic heterocycles. The fourth-order valence-corrected chi connectivity index (χ4v) is 2.53. The van der Waals surface area contributed by atoms with Crippen molar-refractivity contribution < 1.29 is 9.47 Å². The van der Waals surface area contributed by atoms with Gasteiger partial charge in [-0.1, -0.05) is 57.0 Å². The summed E-state index contributed by atoms with van der Waals surface area (Å²) in [7, 11) is 0. The molecule has 1 unspecified atom stereocenters. The predicted molar refractivity (Wildman–Crippen MR) is 77.7 cm³/mol. The maximum Gasteiger partial charge on any atom is 0.0933 e. The zero-order valence-electron chi connectivity index (χ0n) is 9.99. The summed E-state index contributed by atoms with van der Waals surface area (Å²) in [5.41, 5.74) is 1.17. The molecule has 17 heavy (non-hydrogen) atoms. The second kappa shape index (κ2) is 9.09. The van der Waals surface area contributed by atoms with Gasteiger partial charge in [-0.15, -0.1) is 0 Å². The van der Waals surface area contributed by atoms with Crippen LogP contribution in [0.4, 0.5) is 0 Å². The van der Waals surface area contributed by atoms with Gasteiger partial charge in [-0.3, -0.25) is 0 Å². The quantitative estimate of drug-likeness (QED) is 0.504. The Morgan fingerprint density at radius 1 is 1.18 bits per heavy atom. The molecule has 0 amide bonds. The molecule has 1 rings (SSSR count). The average Bonchev–Trinajstić information content (AvgIpc) is 2.35. The number of hydrogen-bond acceptors (Lipinski definition) is 2. The van der Waals surface area contributed by atoms with Crippen molar-refractivity contribution >= 4 is 31.9 Å². The second-order valence-electron chi connectivity index (χ2n) is 3.65. The van der Waals surface area contributed by atoms with E-state index in [1.807, 2.05) is 18.2 Å². The molecule has 2 nitrogen and oxygen atoms in total. The van der Waals surface area contributed by atoms with Crippen LogP contribution < -0.4 is 0 Å². The highest BCUT2D eigenvalue weighted by Gasteiger charge is 2.12. The van der Waals surface area contributed by atoms with E-state index in [0.717, 1.165) is 22.8 Å². The topological polar surface area (TPSA) is 18.5 Å². The molecular weight excluding hydrogens is 348 g/mol. The number of halogens is 2. The van der Waals surface area contributed by atoms with Crippen molar-refractivity contribution in [3.8, 4) is 0 Å². The van der Waals surface area contributed by atoms with Gasteiger partial charge in [0.1, 0.15) is 0 Å². The van der Waals surface area contributed by atoms with Gasteiger partial charge in [0.2, 0.25) is 0 Å². The molecule has 0 spiro atoms. The van der Waals surface area contributed by atoms with Gasteiger partial charge in [0.25, 0.3) is 0 Å². The van der Waals surface area contributed by atoms with Crippen LogP contribution in [0, 0.1) is 0 Å². The minimum absolute atomic E-state index is 0.0656. The molecule has 0 radical (unpaired) electrons. The molecule has 0 aliphatic carbocycles. The van der Waals surface area contributed by atoms with Crippen LogP contribution in [-0.2, 0) is 9.47 Å². The number of ether oxygens (including phenoxy) is 2. The fourth-order valence-electron chi connectivity index (χ4n) is 1.45. The van der Waals surface area contributed by atoms with E-state index in [4.69, 9.17) is 9.47 Å². The van der Waals surface area contributed by atoms with Gasteiger partial charge in [0, 0.05) is 16.4 Å². The predicted octanol–water partition coefficient (Wildman–Crippen LogP) is 4.33. The Balaban J connectivity index is 2.41. The van der Waals surface area contributed by atoms with Gasteiger partial charge in [-0.05, 0) is 18.1 Å². The van der Waals surface area contributed by atoms with Gasteiger partial charge in [-0.25, -0.2) is 0 Å². The molecule has 0 heterocycles. The van der Waals surface area contributed by atoms with Crippen LogP contribution in [0.5, 0.6) is 0 Å². The maximum absolute atomic E-state index is 5.80. The van der Waals surface area contributed by atoms with Crippen LogP contribution in [0.25, 0.3) is 0 Å². The first-order valence-electron chi connectivity index (χ1n) is 5.79. The largest absolute Gasteiger partial charge is 0.379 e. The van der Waals surface area contributed by atoms with Crippen molar-refractivity contribution in [3.63, 3.8) is 0 Å². The van der Waals surface area contributed by atoms with Crippen molar-refractivity contribution in [2.45, 2.75) is 19.4 Å². The highest BCUT2D eigenvalue weighted by molar-refractivity contribution is 9.10. The molecule has 0 saturated carbocycles. The first kappa shape index (κ1) is 15.2. The van der Waals surface area contributed by atoms with E-state index in [1.165, 1.54) is 5.56 Å². The summed E-state index contributed by atoms with van der Waals surface area (Å²) in [4.78, 5) is 0. The molecule has 0 bridgehead atoms. The molecule has 4 heteroatoms. The lowest BCUT2D eigenvalue weighted by molar-refractivity contribution is 0.0138. The number of hydrogen-bond donors (Lipinski definition) is 0. The lowest BCUT2D eigenvalue weighted by Gasteiger charge is -2.17. The Kier molecular flexibility index (Phi) is 8.10. The normalized spacial score (nSPS) is 12.6. The Bertz CT molecular complexity index is 318. The minimum atomic E-state index is 0.0656. The van der Waals surface area contributed by atoms with Crippen molar-refractivity contribution in [2.75, 3.05) is 25.2 Å². The molecule has 1 aromatic rings. The molecule has 0 fully saturated rings. The molecule has 1 atom stereocenters. The third kappa shape index (κ3) is 5.51. The number of rotatable bonds is 8. The fraction of sp³-hybridized carbons (Fsp3) is 0.538. The van der Waals surface area contributed by atoms with E-state index >= 15 is 0 Å². The van der Waals surface area contributed by atoms with Crippen LogP contribution in [0.3, 0.4) is 0 Å². The third-order valence-electron chi connectivity index (χ3n) is 2.29. The summed E-state index contributed by atoms with van der Waals surface area (Å²) in [6.07, 6.45) is 1.11. The Morgan fingerprint density at radius 3 is 2.59 bits per heavy atom. The second-order valence-corrected chi connectivity index (χ2v) is 5.15. The summed E-state index contributed by atoms with van der Waals surface area (Å²) in [6.45, 7) is 4.18. The van der Waals surface area contributed by atoms with Crippen LogP contribution in [0.1, 0.15) is 25.0 Å². The molecule has 0 aliphatic rings. The lowest BCUT2D eigenvalue weighted by Crippen LogP contribution is -2.11. The Hall–Kier alpha value is 0.1000. The summed E-state index contributed by atoms with van der Waals surface area (Å²) in [5.74, 6) is 0. The van der Waals surface area contributed by atoms with Crippen LogP contribution >= 0.6 is 31.9 Å². The van der Waals surface area contributed by atoms with Crippen molar-refractivity contribution in [1.29, 1.82) is 0 Å². The SMILES string of the molecule is CCCOCCOC(CBr)c1ccccc1Br.